The van der Waals surface area contributed by atoms with Gasteiger partial charge in [0.05, 0.1) is 10.6 Å². The van der Waals surface area contributed by atoms with Gasteiger partial charge in [-0.1, -0.05) is 12.1 Å². The summed E-state index contributed by atoms with van der Waals surface area (Å²) in [5, 5.41) is 1.80. The van der Waals surface area contributed by atoms with Crippen LogP contribution >= 0.6 is 11.8 Å². The molecular formula is C20H20FN3O4S2. The van der Waals surface area contributed by atoms with E-state index in [0.29, 0.717) is 29.2 Å². The molecule has 2 aliphatic rings. The van der Waals surface area contributed by atoms with E-state index in [0.717, 1.165) is 24.6 Å². The summed E-state index contributed by atoms with van der Waals surface area (Å²) < 4.78 is 40.7. The van der Waals surface area contributed by atoms with Gasteiger partial charge in [-0.2, -0.15) is 0 Å². The van der Waals surface area contributed by atoms with Crippen LogP contribution in [0.3, 0.4) is 0 Å². The van der Waals surface area contributed by atoms with E-state index in [9.17, 15) is 22.4 Å². The number of carbonyl (C=O) groups is 2. The Bertz CT molecular complexity index is 1080. The fourth-order valence-electron chi connectivity index (χ4n) is 3.39. The average molecular weight is 450 g/mol. The molecule has 2 aliphatic heterocycles. The molecule has 2 heterocycles. The lowest BCUT2D eigenvalue weighted by atomic mass is 10.2. The lowest BCUT2D eigenvalue weighted by molar-refractivity contribution is -0.133. The number of amides is 2. The third-order valence-electron chi connectivity index (χ3n) is 5.02. The summed E-state index contributed by atoms with van der Waals surface area (Å²) in [6, 6.07) is 9.93. The summed E-state index contributed by atoms with van der Waals surface area (Å²) in [7, 11) is -3.84. The van der Waals surface area contributed by atoms with Crippen LogP contribution in [0.4, 0.5) is 10.1 Å². The molecule has 1 saturated heterocycles. The van der Waals surface area contributed by atoms with Gasteiger partial charge in [0.1, 0.15) is 5.82 Å². The summed E-state index contributed by atoms with van der Waals surface area (Å²) in [6.07, 6.45) is 1.88. The lowest BCUT2D eigenvalue weighted by Crippen LogP contribution is -2.43. The number of hydrogen-bond donors (Lipinski definition) is 2. The number of nitrogens with one attached hydrogen (secondary N) is 2. The van der Waals surface area contributed by atoms with Crippen molar-refractivity contribution >= 4 is 39.3 Å². The second kappa shape index (κ2) is 8.37. The van der Waals surface area contributed by atoms with E-state index in [-0.39, 0.29) is 17.3 Å². The number of fused-ring (bicyclic) bond motifs is 1. The summed E-state index contributed by atoms with van der Waals surface area (Å²) in [6.45, 7) is 1.33. The van der Waals surface area contributed by atoms with Gasteiger partial charge >= 0.3 is 0 Å². The third-order valence-corrected chi connectivity index (χ3v) is 7.68. The fraction of sp³-hybridized carbons (Fsp3) is 0.300. The fourth-order valence-corrected chi connectivity index (χ4v) is 5.48. The van der Waals surface area contributed by atoms with Crippen LogP contribution < -0.4 is 10.0 Å². The normalized spacial score (nSPS) is 18.8. The Hall–Kier alpha value is -2.43. The van der Waals surface area contributed by atoms with E-state index in [1.165, 1.54) is 36.4 Å². The molecule has 2 aromatic carbocycles. The molecular weight excluding hydrogens is 429 g/mol. The molecule has 158 valence electrons. The maximum Gasteiger partial charge on any atom is 0.247 e. The number of carbonyl (C=O) groups excluding carboxylic acids is 2. The van der Waals surface area contributed by atoms with E-state index in [1.54, 1.807) is 11.0 Å². The zero-order valence-corrected chi connectivity index (χ0v) is 17.6. The van der Waals surface area contributed by atoms with Gasteiger partial charge in [0.25, 0.3) is 0 Å². The van der Waals surface area contributed by atoms with Crippen LogP contribution in [0.2, 0.25) is 0 Å². The van der Waals surface area contributed by atoms with E-state index in [1.807, 2.05) is 0 Å². The van der Waals surface area contributed by atoms with Gasteiger partial charge in [-0.15, -0.1) is 11.8 Å². The molecule has 7 nitrogen and oxygen atoms in total. The first-order valence-corrected chi connectivity index (χ1v) is 11.8. The molecule has 10 heteroatoms. The Balaban J connectivity index is 1.48. The molecule has 0 aromatic heterocycles. The van der Waals surface area contributed by atoms with Crippen molar-refractivity contribution < 1.29 is 22.4 Å². The van der Waals surface area contributed by atoms with Crippen LogP contribution in [0.1, 0.15) is 18.4 Å². The number of likely N-dealkylation sites (tertiary alicyclic amines) is 1. The number of sulfonamides is 1. The summed E-state index contributed by atoms with van der Waals surface area (Å²) in [5.74, 6) is -1.05. The van der Waals surface area contributed by atoms with Gasteiger partial charge in [-0.05, 0) is 48.7 Å². The van der Waals surface area contributed by atoms with Crippen molar-refractivity contribution in [2.75, 3.05) is 18.4 Å². The average Bonchev–Trinajstić information content (AvgIpc) is 3.27. The molecule has 1 fully saturated rings. The second-order valence-electron chi connectivity index (χ2n) is 7.13. The first-order chi connectivity index (χ1) is 14.3. The van der Waals surface area contributed by atoms with E-state index in [2.05, 4.69) is 10.0 Å². The van der Waals surface area contributed by atoms with Crippen molar-refractivity contribution in [3.8, 4) is 0 Å². The zero-order valence-electron chi connectivity index (χ0n) is 15.9. The molecule has 1 unspecified atom stereocenters. The standard InChI is InChI=1S/C20H20FN3O4S2/c21-14-5-3-13(4-6-14)12-22-30(27,28)15-7-8-17-16(11-15)23-19(25)18(29-17)20(26)24-9-1-2-10-24/h3-8,11,18,22H,1-2,9-10,12H2,(H,23,25). The minimum atomic E-state index is -3.84. The molecule has 4 rings (SSSR count). The molecule has 0 bridgehead atoms. The Kier molecular flexibility index (Phi) is 5.81. The van der Waals surface area contributed by atoms with Crippen molar-refractivity contribution in [2.45, 2.75) is 34.4 Å². The van der Waals surface area contributed by atoms with Crippen LogP contribution in [0, 0.1) is 5.82 Å². The van der Waals surface area contributed by atoms with Gasteiger partial charge < -0.3 is 10.2 Å². The van der Waals surface area contributed by atoms with Gasteiger partial charge in [-0.25, -0.2) is 17.5 Å². The maximum atomic E-state index is 13.0. The van der Waals surface area contributed by atoms with Crippen molar-refractivity contribution in [1.29, 1.82) is 0 Å². The van der Waals surface area contributed by atoms with E-state index in [4.69, 9.17) is 0 Å². The van der Waals surface area contributed by atoms with E-state index >= 15 is 0 Å². The molecule has 2 aromatic rings. The Labute approximate surface area is 178 Å². The number of nitrogens with zero attached hydrogens (tertiary/aromatic N) is 1. The number of rotatable bonds is 5. The van der Waals surface area contributed by atoms with Crippen molar-refractivity contribution in [2.24, 2.45) is 0 Å². The molecule has 2 amide bonds. The van der Waals surface area contributed by atoms with Crippen LogP contribution in [0.15, 0.2) is 52.3 Å². The second-order valence-corrected chi connectivity index (χ2v) is 10.0. The Morgan fingerprint density at radius 3 is 2.57 bits per heavy atom. The molecule has 2 N–H and O–H groups in total. The van der Waals surface area contributed by atoms with Gasteiger partial charge in [0, 0.05) is 24.5 Å². The molecule has 1 atom stereocenters. The maximum absolute atomic E-state index is 13.0. The highest BCUT2D eigenvalue weighted by molar-refractivity contribution is 8.01. The molecule has 0 spiro atoms. The molecule has 30 heavy (non-hydrogen) atoms. The van der Waals surface area contributed by atoms with Gasteiger partial charge in [-0.3, -0.25) is 9.59 Å². The minimum absolute atomic E-state index is 0.00594. The predicted molar refractivity (Wildman–Crippen MR) is 111 cm³/mol. The number of thioether (sulfide) groups is 1. The van der Waals surface area contributed by atoms with Crippen molar-refractivity contribution in [1.82, 2.24) is 9.62 Å². The van der Waals surface area contributed by atoms with Crippen molar-refractivity contribution in [3.05, 3.63) is 53.8 Å². The molecule has 0 saturated carbocycles. The number of halogens is 1. The highest BCUT2D eigenvalue weighted by atomic mass is 32.2. The largest absolute Gasteiger partial charge is 0.341 e. The topological polar surface area (TPSA) is 95.6 Å². The Morgan fingerprint density at radius 1 is 1.17 bits per heavy atom. The number of anilines is 1. The highest BCUT2D eigenvalue weighted by Gasteiger charge is 2.37. The predicted octanol–water partition coefficient (Wildman–Crippen LogP) is 2.34. The SMILES string of the molecule is O=C1Nc2cc(S(=O)(=O)NCc3ccc(F)cc3)ccc2SC1C(=O)N1CCCC1. The third kappa shape index (κ3) is 4.35. The number of benzene rings is 2. The smallest absolute Gasteiger partial charge is 0.247 e. The van der Waals surface area contributed by atoms with Crippen molar-refractivity contribution in [3.63, 3.8) is 0 Å². The monoisotopic (exact) mass is 449 g/mol. The van der Waals surface area contributed by atoms with Gasteiger partial charge in [0.2, 0.25) is 21.8 Å². The quantitative estimate of drug-likeness (QED) is 0.684. The Morgan fingerprint density at radius 2 is 1.87 bits per heavy atom. The first kappa shape index (κ1) is 20.8. The van der Waals surface area contributed by atoms with Crippen LogP contribution in [0.25, 0.3) is 0 Å². The van der Waals surface area contributed by atoms with E-state index < -0.39 is 27.0 Å². The van der Waals surface area contributed by atoms with Crippen LogP contribution in [-0.2, 0) is 26.2 Å². The highest BCUT2D eigenvalue weighted by Crippen LogP contribution is 2.38. The zero-order chi connectivity index (χ0) is 21.3. The van der Waals surface area contributed by atoms with Crippen LogP contribution in [0.5, 0.6) is 0 Å². The van der Waals surface area contributed by atoms with Crippen LogP contribution in [-0.4, -0.2) is 43.5 Å². The molecule has 0 aliphatic carbocycles. The summed E-state index contributed by atoms with van der Waals surface area (Å²) >= 11 is 1.14. The van der Waals surface area contributed by atoms with Gasteiger partial charge in [0.15, 0.2) is 5.25 Å². The first-order valence-electron chi connectivity index (χ1n) is 9.48. The summed E-state index contributed by atoms with van der Waals surface area (Å²) in [4.78, 5) is 27.4. The molecule has 0 radical (unpaired) electrons. The lowest BCUT2D eigenvalue weighted by Gasteiger charge is -2.27. The number of hydrogen-bond acceptors (Lipinski definition) is 5. The summed E-state index contributed by atoms with van der Waals surface area (Å²) in [5.41, 5.74) is 0.977. The minimum Gasteiger partial charge on any atom is -0.341 e.